The molecular weight excluding hydrogens is 308 g/mol. The molecule has 4 rings (SSSR count). The zero-order valence-electron chi connectivity index (χ0n) is 13.9. The Hall–Kier alpha value is -3.33. The molecule has 0 saturated heterocycles. The van der Waals surface area contributed by atoms with E-state index in [1.54, 1.807) is 0 Å². The Morgan fingerprint density at radius 2 is 1.48 bits per heavy atom. The monoisotopic (exact) mass is 326 g/mol. The Kier molecular flexibility index (Phi) is 3.82. The first kappa shape index (κ1) is 15.2. The maximum atomic E-state index is 12.6. The van der Waals surface area contributed by atoms with Gasteiger partial charge < -0.3 is 9.88 Å². The second-order valence-electron chi connectivity index (χ2n) is 6.04. The normalized spacial score (nSPS) is 10.8. The summed E-state index contributed by atoms with van der Waals surface area (Å²) in [6, 6.07) is 25.5. The van der Waals surface area contributed by atoms with Crippen LogP contribution in [0.1, 0.15) is 10.4 Å². The molecule has 4 aromatic rings. The van der Waals surface area contributed by atoms with Crippen LogP contribution in [0.15, 0.2) is 85.1 Å². The summed E-state index contributed by atoms with van der Waals surface area (Å²) in [6.07, 6.45) is 2.11. The smallest absolute Gasteiger partial charge is 0.255 e. The fourth-order valence-electron chi connectivity index (χ4n) is 3.17. The van der Waals surface area contributed by atoms with Gasteiger partial charge in [0.2, 0.25) is 0 Å². The van der Waals surface area contributed by atoms with Crippen molar-refractivity contribution in [2.75, 3.05) is 5.32 Å². The minimum absolute atomic E-state index is 0.103. The molecule has 0 saturated carbocycles. The van der Waals surface area contributed by atoms with Gasteiger partial charge in [0.1, 0.15) is 0 Å². The van der Waals surface area contributed by atoms with E-state index in [0.29, 0.717) is 5.56 Å². The molecule has 25 heavy (non-hydrogen) atoms. The van der Waals surface area contributed by atoms with E-state index < -0.39 is 0 Å². The zero-order chi connectivity index (χ0) is 17.2. The Balaban J connectivity index is 1.78. The van der Waals surface area contributed by atoms with Crippen molar-refractivity contribution in [3.8, 4) is 11.1 Å². The van der Waals surface area contributed by atoms with Crippen LogP contribution < -0.4 is 5.32 Å². The molecule has 1 heterocycles. The van der Waals surface area contributed by atoms with Crippen LogP contribution in [0.2, 0.25) is 0 Å². The van der Waals surface area contributed by atoms with E-state index in [2.05, 4.69) is 28.2 Å². The number of rotatable bonds is 3. The number of fused-ring (bicyclic) bond motifs is 1. The average molecular weight is 326 g/mol. The standard InChI is InChI=1S/C22H18N2O/c1-24-15-19(18-12-6-8-14-21(18)24)17-11-5-7-13-20(17)23-22(25)16-9-3-2-4-10-16/h2-15H,1H3,(H,23,25). The lowest BCUT2D eigenvalue weighted by Crippen LogP contribution is -2.12. The lowest BCUT2D eigenvalue weighted by Gasteiger charge is -2.11. The number of hydrogen-bond acceptors (Lipinski definition) is 1. The summed E-state index contributed by atoms with van der Waals surface area (Å²) in [5.74, 6) is -0.103. The summed E-state index contributed by atoms with van der Waals surface area (Å²) in [4.78, 5) is 12.6. The molecule has 0 aliphatic rings. The number of para-hydroxylation sites is 2. The Labute approximate surface area is 146 Å². The van der Waals surface area contributed by atoms with Crippen molar-refractivity contribution >= 4 is 22.5 Å². The van der Waals surface area contributed by atoms with Crippen molar-refractivity contribution < 1.29 is 4.79 Å². The van der Waals surface area contributed by atoms with Crippen molar-refractivity contribution in [2.24, 2.45) is 7.05 Å². The first-order valence-electron chi connectivity index (χ1n) is 8.24. The number of aryl methyl sites for hydroxylation is 1. The molecule has 1 N–H and O–H groups in total. The van der Waals surface area contributed by atoms with E-state index in [9.17, 15) is 4.79 Å². The molecule has 0 atom stereocenters. The lowest BCUT2D eigenvalue weighted by atomic mass is 10.0. The van der Waals surface area contributed by atoms with Gasteiger partial charge in [-0.3, -0.25) is 4.79 Å². The predicted octanol–water partition coefficient (Wildman–Crippen LogP) is 5.10. The molecule has 122 valence electrons. The predicted molar refractivity (Wildman–Crippen MR) is 103 cm³/mol. The van der Waals surface area contributed by atoms with Gasteiger partial charge in [-0.15, -0.1) is 0 Å². The highest BCUT2D eigenvalue weighted by Gasteiger charge is 2.13. The highest BCUT2D eigenvalue weighted by molar-refractivity contribution is 6.08. The van der Waals surface area contributed by atoms with Gasteiger partial charge in [0.15, 0.2) is 0 Å². The maximum Gasteiger partial charge on any atom is 0.255 e. The molecular formula is C22H18N2O. The summed E-state index contributed by atoms with van der Waals surface area (Å²) < 4.78 is 2.11. The first-order chi connectivity index (χ1) is 12.2. The zero-order valence-corrected chi connectivity index (χ0v) is 13.9. The van der Waals surface area contributed by atoms with Gasteiger partial charge in [-0.25, -0.2) is 0 Å². The number of nitrogens with one attached hydrogen (secondary N) is 1. The van der Waals surface area contributed by atoms with Gasteiger partial charge in [-0.2, -0.15) is 0 Å². The number of amides is 1. The van der Waals surface area contributed by atoms with Crippen molar-refractivity contribution in [1.82, 2.24) is 4.57 Å². The number of hydrogen-bond donors (Lipinski definition) is 1. The number of carbonyl (C=O) groups excluding carboxylic acids is 1. The van der Waals surface area contributed by atoms with Crippen molar-refractivity contribution in [2.45, 2.75) is 0 Å². The van der Waals surface area contributed by atoms with Crippen LogP contribution >= 0.6 is 0 Å². The number of nitrogens with zero attached hydrogens (tertiary/aromatic N) is 1. The van der Waals surface area contributed by atoms with Gasteiger partial charge in [0.05, 0.1) is 0 Å². The average Bonchev–Trinajstić information content (AvgIpc) is 3.00. The molecule has 0 unspecified atom stereocenters. The highest BCUT2D eigenvalue weighted by atomic mass is 16.1. The second-order valence-corrected chi connectivity index (χ2v) is 6.04. The van der Waals surface area contributed by atoms with Gasteiger partial charge in [0, 0.05) is 46.5 Å². The van der Waals surface area contributed by atoms with Crippen LogP contribution in [0.4, 0.5) is 5.69 Å². The van der Waals surface area contributed by atoms with Crippen LogP contribution in [0.3, 0.4) is 0 Å². The molecule has 1 aromatic heterocycles. The topological polar surface area (TPSA) is 34.0 Å². The van der Waals surface area contributed by atoms with E-state index in [0.717, 1.165) is 16.8 Å². The van der Waals surface area contributed by atoms with Crippen LogP contribution in [0.25, 0.3) is 22.0 Å². The van der Waals surface area contributed by atoms with E-state index in [1.807, 2.05) is 73.8 Å². The molecule has 0 bridgehead atoms. The number of aromatic nitrogens is 1. The molecule has 3 nitrogen and oxygen atoms in total. The number of carbonyl (C=O) groups is 1. The summed E-state index contributed by atoms with van der Waals surface area (Å²) >= 11 is 0. The SMILES string of the molecule is Cn1cc(-c2ccccc2NC(=O)c2ccccc2)c2ccccc21. The largest absolute Gasteiger partial charge is 0.350 e. The molecule has 0 radical (unpaired) electrons. The van der Waals surface area contributed by atoms with Crippen molar-refractivity contribution in [3.63, 3.8) is 0 Å². The van der Waals surface area contributed by atoms with E-state index in [1.165, 1.54) is 10.9 Å². The highest BCUT2D eigenvalue weighted by Crippen LogP contribution is 2.34. The fraction of sp³-hybridized carbons (Fsp3) is 0.0455. The van der Waals surface area contributed by atoms with E-state index in [4.69, 9.17) is 0 Å². The number of benzene rings is 3. The molecule has 0 aliphatic heterocycles. The molecule has 0 aliphatic carbocycles. The molecule has 3 aromatic carbocycles. The van der Waals surface area contributed by atoms with Crippen molar-refractivity contribution in [3.05, 3.63) is 90.6 Å². The van der Waals surface area contributed by atoms with Crippen LogP contribution in [-0.4, -0.2) is 10.5 Å². The lowest BCUT2D eigenvalue weighted by molar-refractivity contribution is 0.102. The molecule has 1 amide bonds. The number of anilines is 1. The quantitative estimate of drug-likeness (QED) is 0.558. The molecule has 3 heteroatoms. The van der Waals surface area contributed by atoms with Crippen molar-refractivity contribution in [1.29, 1.82) is 0 Å². The second kappa shape index (κ2) is 6.29. The summed E-state index contributed by atoms with van der Waals surface area (Å²) in [5, 5.41) is 4.22. The van der Waals surface area contributed by atoms with Crippen LogP contribution in [-0.2, 0) is 7.05 Å². The van der Waals surface area contributed by atoms with Crippen LogP contribution in [0.5, 0.6) is 0 Å². The minimum Gasteiger partial charge on any atom is -0.350 e. The Bertz CT molecular complexity index is 1050. The van der Waals surface area contributed by atoms with Gasteiger partial charge in [-0.05, 0) is 24.3 Å². The first-order valence-corrected chi connectivity index (χ1v) is 8.24. The minimum atomic E-state index is -0.103. The van der Waals surface area contributed by atoms with Crippen LogP contribution in [0, 0.1) is 0 Å². The van der Waals surface area contributed by atoms with Gasteiger partial charge >= 0.3 is 0 Å². The fourth-order valence-corrected chi connectivity index (χ4v) is 3.17. The third-order valence-electron chi connectivity index (χ3n) is 4.40. The van der Waals surface area contributed by atoms with Gasteiger partial charge in [-0.1, -0.05) is 54.6 Å². The summed E-state index contributed by atoms with van der Waals surface area (Å²) in [7, 11) is 2.04. The van der Waals surface area contributed by atoms with Gasteiger partial charge in [0.25, 0.3) is 5.91 Å². The maximum absolute atomic E-state index is 12.6. The third kappa shape index (κ3) is 2.81. The third-order valence-corrected chi connectivity index (χ3v) is 4.40. The Morgan fingerprint density at radius 1 is 0.800 bits per heavy atom. The van der Waals surface area contributed by atoms with E-state index in [-0.39, 0.29) is 5.91 Å². The summed E-state index contributed by atoms with van der Waals surface area (Å²) in [6.45, 7) is 0. The Morgan fingerprint density at radius 3 is 2.32 bits per heavy atom. The van der Waals surface area contributed by atoms with E-state index >= 15 is 0 Å². The molecule has 0 fully saturated rings. The molecule has 0 spiro atoms. The summed E-state index contributed by atoms with van der Waals surface area (Å²) in [5.41, 5.74) is 4.76.